The molecule has 2 aromatic carbocycles. The Balaban J connectivity index is 1.57. The topological polar surface area (TPSA) is 87.4 Å². The Morgan fingerprint density at radius 1 is 1.10 bits per heavy atom. The maximum atomic E-state index is 13.2. The Bertz CT molecular complexity index is 1370. The number of carbonyl (C=O) groups excluding carboxylic acids is 1. The van der Waals surface area contributed by atoms with Crippen LogP contribution in [0, 0.1) is 11.3 Å². The third-order valence-electron chi connectivity index (χ3n) is 4.97. The lowest BCUT2D eigenvalue weighted by Crippen LogP contribution is -2.03. The maximum absolute atomic E-state index is 13.2. The number of nitrogens with zero attached hydrogens (tertiary/aromatic N) is 4. The monoisotopic (exact) mass is 377 g/mol. The largest absolute Gasteiger partial charge is 0.342 e. The van der Waals surface area contributed by atoms with Crippen molar-refractivity contribution in [2.45, 2.75) is 6.54 Å². The van der Waals surface area contributed by atoms with Gasteiger partial charge in [0.2, 0.25) is 5.78 Å². The zero-order valence-electron chi connectivity index (χ0n) is 15.3. The molecule has 0 bridgehead atoms. The SMILES string of the molecule is N#Cc1ccc(Cn2cc(C(=O)c3nc4ccncc4[nH]3)c3ccccc32)cc1. The van der Waals surface area contributed by atoms with Crippen molar-refractivity contribution >= 4 is 27.7 Å². The van der Waals surface area contributed by atoms with Gasteiger partial charge in [-0.25, -0.2) is 4.98 Å². The minimum atomic E-state index is -0.157. The molecule has 0 aliphatic carbocycles. The molecule has 6 heteroatoms. The number of ketones is 1. The molecule has 0 aliphatic heterocycles. The molecule has 0 saturated carbocycles. The summed E-state index contributed by atoms with van der Waals surface area (Å²) in [5.74, 6) is 0.144. The van der Waals surface area contributed by atoms with Crippen molar-refractivity contribution in [1.82, 2.24) is 19.5 Å². The smallest absolute Gasteiger partial charge is 0.230 e. The molecular weight excluding hydrogens is 362 g/mol. The number of benzene rings is 2. The molecule has 0 radical (unpaired) electrons. The van der Waals surface area contributed by atoms with E-state index in [9.17, 15) is 4.79 Å². The van der Waals surface area contributed by atoms with E-state index in [1.165, 1.54) is 0 Å². The summed E-state index contributed by atoms with van der Waals surface area (Å²) in [5, 5.41) is 9.86. The van der Waals surface area contributed by atoms with Crippen LogP contribution in [0.25, 0.3) is 21.9 Å². The highest BCUT2D eigenvalue weighted by atomic mass is 16.1. The van der Waals surface area contributed by atoms with Gasteiger partial charge >= 0.3 is 0 Å². The molecule has 0 saturated heterocycles. The molecular formula is C23H15N5O. The van der Waals surface area contributed by atoms with Crippen molar-refractivity contribution in [2.24, 2.45) is 0 Å². The number of rotatable bonds is 4. The third-order valence-corrected chi connectivity index (χ3v) is 4.97. The molecule has 1 N–H and O–H groups in total. The van der Waals surface area contributed by atoms with Crippen LogP contribution in [0.5, 0.6) is 0 Å². The first-order valence-corrected chi connectivity index (χ1v) is 9.14. The number of carbonyl (C=O) groups is 1. The number of pyridine rings is 1. The second kappa shape index (κ2) is 6.73. The fourth-order valence-electron chi connectivity index (χ4n) is 3.53. The predicted molar refractivity (Wildman–Crippen MR) is 110 cm³/mol. The number of aromatic nitrogens is 4. The quantitative estimate of drug-likeness (QED) is 0.478. The van der Waals surface area contributed by atoms with Crippen LogP contribution in [0.1, 0.15) is 27.3 Å². The lowest BCUT2D eigenvalue weighted by Gasteiger charge is -2.05. The van der Waals surface area contributed by atoms with Gasteiger partial charge in [0.1, 0.15) is 0 Å². The molecule has 3 aromatic heterocycles. The van der Waals surface area contributed by atoms with Gasteiger partial charge in [0, 0.05) is 29.8 Å². The summed E-state index contributed by atoms with van der Waals surface area (Å²) in [6, 6.07) is 19.2. The van der Waals surface area contributed by atoms with E-state index in [1.807, 2.05) is 47.2 Å². The van der Waals surface area contributed by atoms with Gasteiger partial charge in [-0.3, -0.25) is 9.78 Å². The number of nitrogens with one attached hydrogen (secondary N) is 1. The van der Waals surface area contributed by atoms with Gasteiger partial charge < -0.3 is 9.55 Å². The van der Waals surface area contributed by atoms with Crippen LogP contribution in [0.15, 0.2) is 73.2 Å². The highest BCUT2D eigenvalue weighted by Crippen LogP contribution is 2.25. The average molecular weight is 377 g/mol. The number of H-pyrrole nitrogens is 1. The van der Waals surface area contributed by atoms with Gasteiger partial charge in [0.05, 0.1) is 34.4 Å². The van der Waals surface area contributed by atoms with Crippen molar-refractivity contribution < 1.29 is 4.79 Å². The number of hydrogen-bond acceptors (Lipinski definition) is 4. The minimum absolute atomic E-state index is 0.157. The zero-order valence-corrected chi connectivity index (χ0v) is 15.3. The second-order valence-electron chi connectivity index (χ2n) is 6.80. The first kappa shape index (κ1) is 16.9. The molecule has 0 amide bonds. The summed E-state index contributed by atoms with van der Waals surface area (Å²) in [6.45, 7) is 0.601. The maximum Gasteiger partial charge on any atom is 0.230 e. The van der Waals surface area contributed by atoms with Crippen molar-refractivity contribution in [2.75, 3.05) is 0 Å². The van der Waals surface area contributed by atoms with E-state index in [0.717, 1.165) is 22.0 Å². The molecule has 3 heterocycles. The molecule has 0 spiro atoms. The summed E-state index contributed by atoms with van der Waals surface area (Å²) in [4.78, 5) is 24.8. The van der Waals surface area contributed by atoms with E-state index in [1.54, 1.807) is 30.6 Å². The third kappa shape index (κ3) is 2.95. The van der Waals surface area contributed by atoms with Crippen LogP contribution in [0.3, 0.4) is 0 Å². The van der Waals surface area contributed by atoms with Crippen LogP contribution in [-0.4, -0.2) is 25.3 Å². The molecule has 29 heavy (non-hydrogen) atoms. The second-order valence-corrected chi connectivity index (χ2v) is 6.80. The van der Waals surface area contributed by atoms with Crippen LogP contribution < -0.4 is 0 Å². The molecule has 6 nitrogen and oxygen atoms in total. The summed E-state index contributed by atoms with van der Waals surface area (Å²) in [7, 11) is 0. The lowest BCUT2D eigenvalue weighted by molar-refractivity contribution is 0.103. The first-order chi connectivity index (χ1) is 14.2. The number of hydrogen-bond donors (Lipinski definition) is 1. The van der Waals surface area contributed by atoms with Crippen LogP contribution in [0.4, 0.5) is 0 Å². The highest BCUT2D eigenvalue weighted by Gasteiger charge is 2.19. The molecule has 0 fully saturated rings. The first-order valence-electron chi connectivity index (χ1n) is 9.14. The van der Waals surface area contributed by atoms with E-state index in [2.05, 4.69) is 21.0 Å². The van der Waals surface area contributed by atoms with E-state index in [-0.39, 0.29) is 5.78 Å². The molecule has 0 aliphatic rings. The van der Waals surface area contributed by atoms with Gasteiger partial charge in [0.15, 0.2) is 5.82 Å². The summed E-state index contributed by atoms with van der Waals surface area (Å²) in [5.41, 5.74) is 4.70. The van der Waals surface area contributed by atoms with E-state index >= 15 is 0 Å². The van der Waals surface area contributed by atoms with Crippen molar-refractivity contribution in [3.05, 3.63) is 95.7 Å². The zero-order chi connectivity index (χ0) is 19.8. The summed E-state index contributed by atoms with van der Waals surface area (Å²) >= 11 is 0. The minimum Gasteiger partial charge on any atom is -0.342 e. The Morgan fingerprint density at radius 3 is 2.72 bits per heavy atom. The van der Waals surface area contributed by atoms with Crippen LogP contribution in [-0.2, 0) is 6.54 Å². The van der Waals surface area contributed by atoms with Gasteiger partial charge in [0.25, 0.3) is 0 Å². The predicted octanol–water partition coefficient (Wildman–Crippen LogP) is 4.06. The number of fused-ring (bicyclic) bond motifs is 2. The molecule has 138 valence electrons. The summed E-state index contributed by atoms with van der Waals surface area (Å²) < 4.78 is 2.05. The van der Waals surface area contributed by atoms with Gasteiger partial charge in [-0.1, -0.05) is 30.3 Å². The normalized spacial score (nSPS) is 11.0. The Morgan fingerprint density at radius 2 is 1.93 bits per heavy atom. The van der Waals surface area contributed by atoms with Gasteiger partial charge in [-0.05, 0) is 29.8 Å². The lowest BCUT2D eigenvalue weighted by atomic mass is 10.1. The number of aromatic amines is 1. The number of imidazole rings is 1. The number of nitriles is 1. The summed E-state index contributed by atoms with van der Waals surface area (Å²) in [6.07, 6.45) is 5.19. The Labute approximate surface area is 166 Å². The van der Waals surface area contributed by atoms with E-state index in [0.29, 0.717) is 29.0 Å². The average Bonchev–Trinajstić information content (AvgIpc) is 3.36. The van der Waals surface area contributed by atoms with Crippen molar-refractivity contribution in [1.29, 1.82) is 5.26 Å². The highest BCUT2D eigenvalue weighted by molar-refractivity contribution is 6.15. The molecule has 0 unspecified atom stereocenters. The molecule has 0 atom stereocenters. The van der Waals surface area contributed by atoms with E-state index in [4.69, 9.17) is 5.26 Å². The van der Waals surface area contributed by atoms with Crippen LogP contribution >= 0.6 is 0 Å². The van der Waals surface area contributed by atoms with E-state index < -0.39 is 0 Å². The van der Waals surface area contributed by atoms with Gasteiger partial charge in [-0.15, -0.1) is 0 Å². The Kier molecular flexibility index (Phi) is 3.92. The Hall–Kier alpha value is -4.24. The molecule has 5 aromatic rings. The van der Waals surface area contributed by atoms with Crippen LogP contribution in [0.2, 0.25) is 0 Å². The fourth-order valence-corrected chi connectivity index (χ4v) is 3.53. The fraction of sp³-hybridized carbons (Fsp3) is 0.0435. The standard InChI is InChI=1S/C23H15N5O/c24-11-15-5-7-16(8-6-15)13-28-14-18(17-3-1-2-4-21(17)28)22(29)23-26-19-9-10-25-12-20(19)27-23/h1-10,12,14H,13H2,(H,26,27). The van der Waals surface area contributed by atoms with Crippen molar-refractivity contribution in [3.8, 4) is 6.07 Å². The van der Waals surface area contributed by atoms with Gasteiger partial charge in [-0.2, -0.15) is 5.26 Å². The molecule has 5 rings (SSSR count). The number of para-hydroxylation sites is 1. The van der Waals surface area contributed by atoms with Crippen molar-refractivity contribution in [3.63, 3.8) is 0 Å².